The van der Waals surface area contributed by atoms with Crippen molar-refractivity contribution >= 4 is 27.5 Å². The summed E-state index contributed by atoms with van der Waals surface area (Å²) in [5.74, 6) is -0.507. The number of carbonyl (C=O) groups excluding carboxylic acids is 2. The number of fused-ring (bicyclic) bond motifs is 1. The lowest BCUT2D eigenvalue weighted by Crippen LogP contribution is -2.48. The fourth-order valence-corrected chi connectivity index (χ4v) is 6.87. The number of rotatable bonds is 9. The molecule has 11 heteroatoms. The van der Waals surface area contributed by atoms with Crippen LogP contribution in [0.4, 0.5) is 5.69 Å². The van der Waals surface area contributed by atoms with Gasteiger partial charge in [0.25, 0.3) is 5.91 Å². The van der Waals surface area contributed by atoms with Crippen LogP contribution in [0, 0.1) is 12.8 Å². The summed E-state index contributed by atoms with van der Waals surface area (Å²) in [5, 5.41) is 13.1. The largest absolute Gasteiger partial charge is 0.490 e. The minimum Gasteiger partial charge on any atom is -0.490 e. The Morgan fingerprint density at radius 3 is 2.46 bits per heavy atom. The molecule has 4 atom stereocenters. The number of ether oxygens (including phenoxy) is 2. The summed E-state index contributed by atoms with van der Waals surface area (Å²) in [6.07, 6.45) is 1.72. The minimum absolute atomic E-state index is 0.0839. The van der Waals surface area contributed by atoms with Gasteiger partial charge < -0.3 is 24.8 Å². The number of hydrogen-bond acceptors (Lipinski definition) is 7. The molecule has 1 aliphatic heterocycles. The predicted octanol–water partition coefficient (Wildman–Crippen LogP) is 5.29. The highest BCUT2D eigenvalue weighted by molar-refractivity contribution is 7.89. The molecule has 0 saturated heterocycles. The molecule has 260 valence electrons. The molecule has 10 nitrogen and oxygen atoms in total. The van der Waals surface area contributed by atoms with Gasteiger partial charge in [-0.25, -0.2) is 8.42 Å². The molecule has 0 aliphatic carbocycles. The maximum absolute atomic E-state index is 14.4. The maximum atomic E-state index is 14.4. The van der Waals surface area contributed by atoms with Gasteiger partial charge in [0.2, 0.25) is 15.9 Å². The number of sulfonamides is 1. The fraction of sp³-hybridized carbons (Fsp3) is 0.459. The van der Waals surface area contributed by atoms with Gasteiger partial charge in [0.05, 0.1) is 41.7 Å². The van der Waals surface area contributed by atoms with E-state index in [1.807, 2.05) is 51.1 Å². The van der Waals surface area contributed by atoms with E-state index in [-0.39, 0.29) is 60.4 Å². The minimum atomic E-state index is -3.79. The van der Waals surface area contributed by atoms with Crippen LogP contribution in [0.15, 0.2) is 77.7 Å². The van der Waals surface area contributed by atoms with E-state index in [9.17, 15) is 23.1 Å². The Morgan fingerprint density at radius 1 is 1.06 bits per heavy atom. The molecule has 2 amide bonds. The Labute approximate surface area is 285 Å². The first kappa shape index (κ1) is 37.1. The number of aliphatic hydroxyl groups is 1. The zero-order valence-corrected chi connectivity index (χ0v) is 29.4. The highest BCUT2D eigenvalue weighted by atomic mass is 32.2. The first-order chi connectivity index (χ1) is 22.9. The molecule has 0 unspecified atom stereocenters. The highest BCUT2D eigenvalue weighted by Gasteiger charge is 2.32. The van der Waals surface area contributed by atoms with Gasteiger partial charge in [-0.05, 0) is 75.9 Å². The van der Waals surface area contributed by atoms with Crippen LogP contribution in [-0.4, -0.2) is 86.1 Å². The Hall–Kier alpha value is -3.77. The van der Waals surface area contributed by atoms with Crippen molar-refractivity contribution in [3.05, 3.63) is 89.5 Å². The molecule has 0 radical (unpaired) electrons. The van der Waals surface area contributed by atoms with Crippen LogP contribution < -0.4 is 10.1 Å². The molecule has 3 aromatic carbocycles. The van der Waals surface area contributed by atoms with E-state index in [2.05, 4.69) is 5.32 Å². The standard InChI is InChI=1S/C37H49N3O7S/c1-26-14-17-32(18-15-26)48(44,45)39(5)24-35-27(2)23-40(28(3)25-41)37(43)33-22-31(38-36(42)21-30-12-7-6-8-13-30)16-19-34(33)47-29(4)11-9-10-20-46-35/h6-8,12-19,22,27-29,35,41H,9-11,20-21,23-25H2,1-5H3,(H,38,42)/t27-,28+,29+,35+/m0/s1. The Kier molecular flexibility index (Phi) is 13.2. The number of nitrogens with zero attached hydrogens (tertiary/aromatic N) is 2. The van der Waals surface area contributed by atoms with Crippen molar-refractivity contribution in [3.63, 3.8) is 0 Å². The number of nitrogens with one attached hydrogen (secondary N) is 1. The smallest absolute Gasteiger partial charge is 0.258 e. The topological polar surface area (TPSA) is 125 Å². The van der Waals surface area contributed by atoms with Gasteiger partial charge in [-0.3, -0.25) is 9.59 Å². The highest BCUT2D eigenvalue weighted by Crippen LogP contribution is 2.29. The summed E-state index contributed by atoms with van der Waals surface area (Å²) in [6.45, 7) is 7.93. The lowest BCUT2D eigenvalue weighted by atomic mass is 10.0. The van der Waals surface area contributed by atoms with Gasteiger partial charge in [-0.2, -0.15) is 4.31 Å². The van der Waals surface area contributed by atoms with Crippen molar-refractivity contribution in [1.29, 1.82) is 0 Å². The Bertz CT molecular complexity index is 1620. The van der Waals surface area contributed by atoms with Crippen LogP contribution in [0.3, 0.4) is 0 Å². The summed E-state index contributed by atoms with van der Waals surface area (Å²) < 4.78 is 40.9. The van der Waals surface area contributed by atoms with E-state index in [4.69, 9.17) is 9.47 Å². The zero-order valence-electron chi connectivity index (χ0n) is 28.6. The van der Waals surface area contributed by atoms with E-state index >= 15 is 0 Å². The molecule has 48 heavy (non-hydrogen) atoms. The second-order valence-corrected chi connectivity index (χ2v) is 14.9. The van der Waals surface area contributed by atoms with E-state index in [1.165, 1.54) is 4.31 Å². The lowest BCUT2D eigenvalue weighted by Gasteiger charge is -2.35. The quantitative estimate of drug-likeness (QED) is 0.315. The predicted molar refractivity (Wildman–Crippen MR) is 187 cm³/mol. The molecule has 3 aromatic rings. The molecule has 2 N–H and O–H groups in total. The third kappa shape index (κ3) is 9.88. The molecular weight excluding hydrogens is 630 g/mol. The molecular formula is C37H49N3O7S. The van der Waals surface area contributed by atoms with E-state index in [0.29, 0.717) is 24.5 Å². The zero-order chi connectivity index (χ0) is 34.8. The van der Waals surface area contributed by atoms with Crippen molar-refractivity contribution in [3.8, 4) is 5.75 Å². The number of aryl methyl sites for hydroxylation is 1. The molecule has 1 aliphatic rings. The Balaban J connectivity index is 1.62. The molecule has 0 saturated carbocycles. The van der Waals surface area contributed by atoms with E-state index in [1.54, 1.807) is 61.3 Å². The van der Waals surface area contributed by atoms with Gasteiger partial charge in [0, 0.05) is 38.3 Å². The first-order valence-electron chi connectivity index (χ1n) is 16.6. The van der Waals surface area contributed by atoms with Crippen LogP contribution in [0.25, 0.3) is 0 Å². The summed E-state index contributed by atoms with van der Waals surface area (Å²) in [6, 6.07) is 20.6. The number of benzene rings is 3. The van der Waals surface area contributed by atoms with Crippen molar-refractivity contribution in [2.24, 2.45) is 5.92 Å². The van der Waals surface area contributed by atoms with Crippen LogP contribution in [0.1, 0.15) is 61.5 Å². The molecule has 1 heterocycles. The average Bonchev–Trinajstić information content (AvgIpc) is 3.06. The van der Waals surface area contributed by atoms with Gasteiger partial charge in [-0.1, -0.05) is 55.0 Å². The normalized spacial score (nSPS) is 20.4. The van der Waals surface area contributed by atoms with Crippen molar-refractivity contribution < 1.29 is 32.6 Å². The number of likely N-dealkylation sites (N-methyl/N-ethyl adjacent to an activating group) is 1. The second-order valence-electron chi connectivity index (χ2n) is 12.8. The Morgan fingerprint density at radius 2 is 1.77 bits per heavy atom. The van der Waals surface area contributed by atoms with Crippen LogP contribution >= 0.6 is 0 Å². The van der Waals surface area contributed by atoms with E-state index < -0.39 is 22.2 Å². The van der Waals surface area contributed by atoms with E-state index in [0.717, 1.165) is 24.0 Å². The summed E-state index contributed by atoms with van der Waals surface area (Å²) >= 11 is 0. The van der Waals surface area contributed by atoms with Crippen LogP contribution in [0.5, 0.6) is 5.75 Å². The maximum Gasteiger partial charge on any atom is 0.258 e. The van der Waals surface area contributed by atoms with Crippen LogP contribution in [-0.2, 0) is 26.0 Å². The lowest BCUT2D eigenvalue weighted by molar-refractivity contribution is -0.115. The van der Waals surface area contributed by atoms with Gasteiger partial charge in [0.1, 0.15) is 5.75 Å². The number of anilines is 1. The molecule has 0 aromatic heterocycles. The number of amides is 2. The fourth-order valence-electron chi connectivity index (χ4n) is 5.69. The second kappa shape index (κ2) is 17.1. The van der Waals surface area contributed by atoms with Crippen LogP contribution in [0.2, 0.25) is 0 Å². The molecule has 0 fully saturated rings. The average molecular weight is 680 g/mol. The summed E-state index contributed by atoms with van der Waals surface area (Å²) in [4.78, 5) is 29.0. The number of carbonyl (C=O) groups is 2. The molecule has 0 bridgehead atoms. The van der Waals surface area contributed by atoms with Gasteiger partial charge in [0.15, 0.2) is 0 Å². The van der Waals surface area contributed by atoms with Gasteiger partial charge >= 0.3 is 0 Å². The third-order valence-electron chi connectivity index (χ3n) is 8.71. The molecule has 0 spiro atoms. The summed E-state index contributed by atoms with van der Waals surface area (Å²) in [5.41, 5.74) is 2.55. The monoisotopic (exact) mass is 679 g/mol. The van der Waals surface area contributed by atoms with Crippen molar-refractivity contribution in [2.75, 3.05) is 38.7 Å². The van der Waals surface area contributed by atoms with Gasteiger partial charge in [-0.15, -0.1) is 0 Å². The summed E-state index contributed by atoms with van der Waals surface area (Å²) in [7, 11) is -2.24. The third-order valence-corrected chi connectivity index (χ3v) is 10.5. The SMILES string of the molecule is Cc1ccc(S(=O)(=O)N(C)C[C@H]2OCCCC[C@@H](C)Oc3ccc(NC(=O)Cc4ccccc4)cc3C(=O)N([C@H](C)CO)C[C@@H]2C)cc1. The number of hydrogen-bond donors (Lipinski definition) is 2. The molecule has 4 rings (SSSR count). The van der Waals surface area contributed by atoms with Crippen molar-refractivity contribution in [1.82, 2.24) is 9.21 Å². The first-order valence-corrected chi connectivity index (χ1v) is 18.0. The number of aliphatic hydroxyl groups excluding tert-OH is 1. The van der Waals surface area contributed by atoms with Crippen molar-refractivity contribution in [2.45, 2.75) is 76.5 Å².